The lowest BCUT2D eigenvalue weighted by atomic mass is 9.97. The Balaban J connectivity index is 2.94. The number of phenolic OH excluding ortho intramolecular Hbond substituents is 1. The predicted molar refractivity (Wildman–Crippen MR) is 67.5 cm³/mol. The summed E-state index contributed by atoms with van der Waals surface area (Å²) in [6.07, 6.45) is 0.420. The van der Waals surface area contributed by atoms with Crippen molar-refractivity contribution >= 4 is 5.91 Å². The summed E-state index contributed by atoms with van der Waals surface area (Å²) in [5.74, 6) is -0.285. The number of nitrogens with one attached hydrogen (secondary N) is 1. The molecule has 0 aromatic heterocycles. The highest BCUT2D eigenvalue weighted by molar-refractivity contribution is 5.96. The first-order valence-corrected chi connectivity index (χ1v) is 5.82. The summed E-state index contributed by atoms with van der Waals surface area (Å²) < 4.78 is 0. The van der Waals surface area contributed by atoms with Gasteiger partial charge in [0.2, 0.25) is 0 Å². The van der Waals surface area contributed by atoms with Gasteiger partial charge in [-0.15, -0.1) is 0 Å². The minimum Gasteiger partial charge on any atom is -0.508 e. The number of hydrogen-bond acceptors (Lipinski definition) is 4. The van der Waals surface area contributed by atoms with E-state index in [9.17, 15) is 20.1 Å². The van der Waals surface area contributed by atoms with E-state index in [2.05, 4.69) is 5.32 Å². The Hall–Kier alpha value is -1.59. The largest absolute Gasteiger partial charge is 0.508 e. The fourth-order valence-corrected chi connectivity index (χ4v) is 1.65. The molecule has 0 aliphatic rings. The number of aryl methyl sites for hydroxylation is 1. The molecular weight excluding hydrogens is 234 g/mol. The number of carbonyl (C=O) groups excluding carboxylic acids is 1. The van der Waals surface area contributed by atoms with Crippen LogP contribution in [0.2, 0.25) is 0 Å². The molecule has 0 saturated carbocycles. The number of aliphatic hydroxyl groups excluding tert-OH is 2. The minimum absolute atomic E-state index is 0.0927. The van der Waals surface area contributed by atoms with Crippen molar-refractivity contribution in [1.29, 1.82) is 0 Å². The zero-order valence-corrected chi connectivity index (χ0v) is 10.6. The van der Waals surface area contributed by atoms with E-state index in [0.29, 0.717) is 17.5 Å². The van der Waals surface area contributed by atoms with Crippen molar-refractivity contribution in [2.24, 2.45) is 0 Å². The minimum atomic E-state index is -1.01. The molecule has 0 radical (unpaired) electrons. The fourth-order valence-electron chi connectivity index (χ4n) is 1.65. The van der Waals surface area contributed by atoms with Crippen LogP contribution in [-0.4, -0.2) is 40.0 Å². The number of carbonyl (C=O) groups is 1. The average molecular weight is 253 g/mol. The molecule has 0 unspecified atom stereocenters. The Labute approximate surface area is 106 Å². The van der Waals surface area contributed by atoms with E-state index in [1.807, 2.05) is 0 Å². The van der Waals surface area contributed by atoms with Gasteiger partial charge >= 0.3 is 0 Å². The van der Waals surface area contributed by atoms with Crippen LogP contribution < -0.4 is 5.32 Å². The van der Waals surface area contributed by atoms with E-state index >= 15 is 0 Å². The summed E-state index contributed by atoms with van der Waals surface area (Å²) in [6, 6.07) is 4.42. The molecular formula is C13H19NO4. The Morgan fingerprint density at radius 2 is 1.94 bits per heavy atom. The van der Waals surface area contributed by atoms with Gasteiger partial charge < -0.3 is 20.6 Å². The molecule has 0 fully saturated rings. The van der Waals surface area contributed by atoms with Gasteiger partial charge in [-0.05, 0) is 37.1 Å². The number of aromatic hydroxyl groups is 1. The topological polar surface area (TPSA) is 89.8 Å². The summed E-state index contributed by atoms with van der Waals surface area (Å²) in [7, 11) is 0. The molecule has 0 aliphatic heterocycles. The molecule has 5 heteroatoms. The van der Waals surface area contributed by atoms with E-state index in [1.165, 1.54) is 18.2 Å². The van der Waals surface area contributed by atoms with Crippen LogP contribution in [0.5, 0.6) is 5.75 Å². The maximum atomic E-state index is 12.1. The zero-order valence-electron chi connectivity index (χ0n) is 10.6. The van der Waals surface area contributed by atoms with Gasteiger partial charge in [0.25, 0.3) is 5.91 Å². The van der Waals surface area contributed by atoms with E-state index in [4.69, 9.17) is 0 Å². The summed E-state index contributed by atoms with van der Waals surface area (Å²) in [5.41, 5.74) is 0.0300. The van der Waals surface area contributed by atoms with E-state index in [0.717, 1.165) is 0 Å². The van der Waals surface area contributed by atoms with Crippen LogP contribution in [0.25, 0.3) is 0 Å². The van der Waals surface area contributed by atoms with Gasteiger partial charge in [0.1, 0.15) is 5.75 Å². The molecule has 4 N–H and O–H groups in total. The normalized spacial score (nSPS) is 11.3. The number of benzene rings is 1. The van der Waals surface area contributed by atoms with Gasteiger partial charge in [0, 0.05) is 5.56 Å². The number of amides is 1. The van der Waals surface area contributed by atoms with Gasteiger partial charge in [-0.3, -0.25) is 4.79 Å². The first-order valence-electron chi connectivity index (χ1n) is 5.82. The third-order valence-corrected chi connectivity index (χ3v) is 3.12. The third kappa shape index (κ3) is 3.00. The summed E-state index contributed by atoms with van der Waals surface area (Å²) in [6.45, 7) is 2.82. The highest BCUT2D eigenvalue weighted by Crippen LogP contribution is 2.17. The van der Waals surface area contributed by atoms with Gasteiger partial charge in [0.05, 0.1) is 18.8 Å². The van der Waals surface area contributed by atoms with Crippen molar-refractivity contribution < 1.29 is 20.1 Å². The summed E-state index contributed by atoms with van der Waals surface area (Å²) in [4.78, 5) is 12.1. The Kier molecular flexibility index (Phi) is 4.69. The predicted octanol–water partition coefficient (Wildman–Crippen LogP) is 0.564. The van der Waals surface area contributed by atoms with Crippen LogP contribution in [0.3, 0.4) is 0 Å². The van der Waals surface area contributed by atoms with Gasteiger partial charge in [0.15, 0.2) is 0 Å². The molecule has 100 valence electrons. The molecule has 0 heterocycles. The van der Waals surface area contributed by atoms with Crippen molar-refractivity contribution in [3.63, 3.8) is 0 Å². The third-order valence-electron chi connectivity index (χ3n) is 3.12. The molecule has 0 bridgehead atoms. The Morgan fingerprint density at radius 3 is 2.39 bits per heavy atom. The van der Waals surface area contributed by atoms with Crippen LogP contribution in [0.4, 0.5) is 0 Å². The van der Waals surface area contributed by atoms with Crippen LogP contribution in [-0.2, 0) is 0 Å². The van der Waals surface area contributed by atoms with Crippen molar-refractivity contribution in [1.82, 2.24) is 5.32 Å². The lowest BCUT2D eigenvalue weighted by Crippen LogP contribution is -2.53. The first kappa shape index (κ1) is 14.5. The quantitative estimate of drug-likeness (QED) is 0.617. The van der Waals surface area contributed by atoms with Crippen molar-refractivity contribution in [2.45, 2.75) is 25.8 Å². The SMILES string of the molecule is CCC(CO)(CO)NC(=O)c1ccc(O)cc1C. The number of phenols is 1. The van der Waals surface area contributed by atoms with Gasteiger partial charge in [-0.25, -0.2) is 0 Å². The van der Waals surface area contributed by atoms with Crippen LogP contribution in [0.1, 0.15) is 29.3 Å². The maximum Gasteiger partial charge on any atom is 0.252 e. The van der Waals surface area contributed by atoms with E-state index in [-0.39, 0.29) is 24.9 Å². The zero-order chi connectivity index (χ0) is 13.8. The van der Waals surface area contributed by atoms with Crippen LogP contribution in [0, 0.1) is 6.92 Å². The molecule has 1 amide bonds. The lowest BCUT2D eigenvalue weighted by molar-refractivity contribution is 0.0652. The molecule has 0 atom stereocenters. The molecule has 18 heavy (non-hydrogen) atoms. The van der Waals surface area contributed by atoms with Crippen LogP contribution in [0.15, 0.2) is 18.2 Å². The van der Waals surface area contributed by atoms with Crippen LogP contribution >= 0.6 is 0 Å². The Bertz CT molecular complexity index is 419. The highest BCUT2D eigenvalue weighted by atomic mass is 16.3. The molecule has 5 nitrogen and oxygen atoms in total. The lowest BCUT2D eigenvalue weighted by Gasteiger charge is -2.29. The highest BCUT2D eigenvalue weighted by Gasteiger charge is 2.29. The van der Waals surface area contributed by atoms with Gasteiger partial charge in [-0.2, -0.15) is 0 Å². The van der Waals surface area contributed by atoms with E-state index in [1.54, 1.807) is 13.8 Å². The van der Waals surface area contributed by atoms with E-state index < -0.39 is 5.54 Å². The van der Waals surface area contributed by atoms with Gasteiger partial charge in [-0.1, -0.05) is 6.92 Å². The molecule has 1 rings (SSSR count). The van der Waals surface area contributed by atoms with Crippen molar-refractivity contribution in [3.8, 4) is 5.75 Å². The number of rotatable bonds is 5. The van der Waals surface area contributed by atoms with Crippen molar-refractivity contribution in [2.75, 3.05) is 13.2 Å². The maximum absolute atomic E-state index is 12.1. The smallest absolute Gasteiger partial charge is 0.252 e. The monoisotopic (exact) mass is 253 g/mol. The number of aliphatic hydroxyl groups is 2. The van der Waals surface area contributed by atoms with Crippen molar-refractivity contribution in [3.05, 3.63) is 29.3 Å². The standard InChI is InChI=1S/C13H19NO4/c1-3-13(7-15,8-16)14-12(18)11-5-4-10(17)6-9(11)2/h4-6,15-17H,3,7-8H2,1-2H3,(H,14,18). The molecule has 0 saturated heterocycles. The second kappa shape index (κ2) is 5.84. The molecule has 1 aromatic rings. The molecule has 1 aromatic carbocycles. The second-order valence-electron chi connectivity index (χ2n) is 4.40. The summed E-state index contributed by atoms with van der Waals surface area (Å²) in [5, 5.41) is 30.5. The molecule has 0 spiro atoms. The second-order valence-corrected chi connectivity index (χ2v) is 4.40. The molecule has 0 aliphatic carbocycles. The first-order chi connectivity index (χ1) is 8.48. The Morgan fingerprint density at radius 1 is 1.33 bits per heavy atom. The fraction of sp³-hybridized carbons (Fsp3) is 0.462. The number of hydrogen-bond donors (Lipinski definition) is 4. The summed E-state index contributed by atoms with van der Waals surface area (Å²) >= 11 is 0. The average Bonchev–Trinajstić information content (AvgIpc) is 2.36.